The van der Waals surface area contributed by atoms with E-state index in [0.717, 1.165) is 36.8 Å². The number of rotatable bonds is 6. The Morgan fingerprint density at radius 3 is 2.74 bits per heavy atom. The van der Waals surface area contributed by atoms with Gasteiger partial charge in [0.25, 0.3) is 0 Å². The molecule has 0 saturated heterocycles. The van der Waals surface area contributed by atoms with Crippen molar-refractivity contribution in [3.63, 3.8) is 0 Å². The van der Waals surface area contributed by atoms with Gasteiger partial charge in [-0.1, -0.05) is 6.92 Å². The van der Waals surface area contributed by atoms with Gasteiger partial charge in [-0.05, 0) is 31.5 Å². The van der Waals surface area contributed by atoms with Crippen LogP contribution < -0.4 is 15.4 Å². The lowest BCUT2D eigenvalue weighted by Crippen LogP contribution is -2.37. The SMILES string of the molecule is CCCNC(=NCc1cc(OC)ccc1O)NCC. The number of phenolic OH excluding ortho intramolecular Hbond substituents is 1. The average Bonchev–Trinajstić information content (AvgIpc) is 2.43. The molecule has 0 aliphatic rings. The first-order valence-electron chi connectivity index (χ1n) is 6.59. The average molecular weight is 265 g/mol. The summed E-state index contributed by atoms with van der Waals surface area (Å²) in [5.74, 6) is 1.71. The first-order valence-corrected chi connectivity index (χ1v) is 6.59. The maximum absolute atomic E-state index is 9.78. The molecule has 0 aliphatic carbocycles. The van der Waals surface area contributed by atoms with Gasteiger partial charge in [-0.15, -0.1) is 0 Å². The number of methoxy groups -OCH3 is 1. The first kappa shape index (κ1) is 15.1. The van der Waals surface area contributed by atoms with Crippen LogP contribution in [0.15, 0.2) is 23.2 Å². The number of guanidine groups is 1. The lowest BCUT2D eigenvalue weighted by atomic mass is 10.2. The van der Waals surface area contributed by atoms with Gasteiger partial charge >= 0.3 is 0 Å². The minimum atomic E-state index is 0.232. The molecule has 1 aromatic rings. The lowest BCUT2D eigenvalue weighted by Gasteiger charge is -2.11. The van der Waals surface area contributed by atoms with E-state index in [0.29, 0.717) is 6.54 Å². The quantitative estimate of drug-likeness (QED) is 0.542. The fraction of sp³-hybridized carbons (Fsp3) is 0.500. The topological polar surface area (TPSA) is 65.9 Å². The number of aromatic hydroxyl groups is 1. The molecule has 106 valence electrons. The molecule has 1 aromatic carbocycles. The van der Waals surface area contributed by atoms with Crippen molar-refractivity contribution in [2.45, 2.75) is 26.8 Å². The van der Waals surface area contributed by atoms with Crippen molar-refractivity contribution >= 4 is 5.96 Å². The van der Waals surface area contributed by atoms with E-state index < -0.39 is 0 Å². The molecule has 19 heavy (non-hydrogen) atoms. The number of ether oxygens (including phenoxy) is 1. The predicted molar refractivity (Wildman–Crippen MR) is 77.8 cm³/mol. The predicted octanol–water partition coefficient (Wildman–Crippen LogP) is 1.87. The van der Waals surface area contributed by atoms with Crippen molar-refractivity contribution < 1.29 is 9.84 Å². The molecule has 5 heteroatoms. The number of nitrogens with zero attached hydrogens (tertiary/aromatic N) is 1. The van der Waals surface area contributed by atoms with Crippen molar-refractivity contribution in [1.29, 1.82) is 0 Å². The van der Waals surface area contributed by atoms with Crippen LogP contribution in [0, 0.1) is 0 Å². The molecule has 3 N–H and O–H groups in total. The van der Waals surface area contributed by atoms with E-state index in [9.17, 15) is 5.11 Å². The van der Waals surface area contributed by atoms with Crippen molar-refractivity contribution in [3.8, 4) is 11.5 Å². The maximum Gasteiger partial charge on any atom is 0.191 e. The standard InChI is InChI=1S/C14H23N3O2/c1-4-8-16-14(15-5-2)17-10-11-9-12(19-3)6-7-13(11)18/h6-7,9,18H,4-5,8,10H2,1-3H3,(H2,15,16,17). The molecular formula is C14H23N3O2. The van der Waals surface area contributed by atoms with Crippen LogP contribution in [0.2, 0.25) is 0 Å². The summed E-state index contributed by atoms with van der Waals surface area (Å²) in [5, 5.41) is 16.2. The van der Waals surface area contributed by atoms with Crippen molar-refractivity contribution in [2.24, 2.45) is 4.99 Å². The summed E-state index contributed by atoms with van der Waals surface area (Å²) < 4.78 is 5.14. The monoisotopic (exact) mass is 265 g/mol. The molecule has 0 atom stereocenters. The minimum absolute atomic E-state index is 0.232. The number of phenols is 1. The number of hydrogen-bond acceptors (Lipinski definition) is 3. The second kappa shape index (κ2) is 8.24. The van der Waals surface area contributed by atoms with Crippen LogP contribution in [0.25, 0.3) is 0 Å². The molecular weight excluding hydrogens is 242 g/mol. The Kier molecular flexibility index (Phi) is 6.57. The number of benzene rings is 1. The van der Waals surface area contributed by atoms with Crippen molar-refractivity contribution in [1.82, 2.24) is 10.6 Å². The van der Waals surface area contributed by atoms with E-state index in [1.54, 1.807) is 25.3 Å². The van der Waals surface area contributed by atoms with Crippen LogP contribution in [0.4, 0.5) is 0 Å². The Balaban J connectivity index is 2.75. The van der Waals surface area contributed by atoms with Gasteiger partial charge in [0.1, 0.15) is 11.5 Å². The highest BCUT2D eigenvalue weighted by molar-refractivity contribution is 5.79. The number of nitrogens with one attached hydrogen (secondary N) is 2. The Morgan fingerprint density at radius 1 is 1.32 bits per heavy atom. The number of hydrogen-bond donors (Lipinski definition) is 3. The Bertz CT molecular complexity index is 419. The highest BCUT2D eigenvalue weighted by Crippen LogP contribution is 2.23. The summed E-state index contributed by atoms with van der Waals surface area (Å²) in [6.07, 6.45) is 1.04. The molecule has 5 nitrogen and oxygen atoms in total. The Morgan fingerprint density at radius 2 is 2.11 bits per heavy atom. The van der Waals surface area contributed by atoms with Crippen LogP contribution in [-0.2, 0) is 6.54 Å². The molecule has 0 heterocycles. The van der Waals surface area contributed by atoms with Gasteiger partial charge in [0.05, 0.1) is 13.7 Å². The zero-order chi connectivity index (χ0) is 14.1. The second-order valence-electron chi connectivity index (χ2n) is 4.12. The van der Waals surface area contributed by atoms with Crippen LogP contribution >= 0.6 is 0 Å². The summed E-state index contributed by atoms with van der Waals surface area (Å²) in [4.78, 5) is 4.44. The smallest absolute Gasteiger partial charge is 0.191 e. The van der Waals surface area contributed by atoms with Gasteiger partial charge in [-0.25, -0.2) is 4.99 Å². The van der Waals surface area contributed by atoms with E-state index in [1.165, 1.54) is 0 Å². The van der Waals surface area contributed by atoms with Gasteiger partial charge in [-0.3, -0.25) is 0 Å². The molecule has 0 aromatic heterocycles. The molecule has 0 aliphatic heterocycles. The van der Waals surface area contributed by atoms with Gasteiger partial charge in [0.2, 0.25) is 0 Å². The van der Waals surface area contributed by atoms with Gasteiger partial charge in [0, 0.05) is 18.7 Å². The molecule has 1 rings (SSSR count). The van der Waals surface area contributed by atoms with E-state index in [-0.39, 0.29) is 5.75 Å². The number of aliphatic imine (C=N–C) groups is 1. The summed E-state index contributed by atoms with van der Waals surface area (Å²) >= 11 is 0. The zero-order valence-corrected chi connectivity index (χ0v) is 11.9. The molecule has 0 bridgehead atoms. The third kappa shape index (κ3) is 5.07. The zero-order valence-electron chi connectivity index (χ0n) is 11.9. The third-order valence-corrected chi connectivity index (χ3v) is 2.58. The van der Waals surface area contributed by atoms with Crippen molar-refractivity contribution in [3.05, 3.63) is 23.8 Å². The molecule has 0 unspecified atom stereocenters. The lowest BCUT2D eigenvalue weighted by molar-refractivity contribution is 0.411. The van der Waals surface area contributed by atoms with Gasteiger partial charge in [-0.2, -0.15) is 0 Å². The molecule has 0 saturated carbocycles. The minimum Gasteiger partial charge on any atom is -0.508 e. The summed E-state index contributed by atoms with van der Waals surface area (Å²) in [5.41, 5.74) is 0.744. The molecule has 0 amide bonds. The fourth-order valence-electron chi connectivity index (χ4n) is 1.56. The van der Waals surface area contributed by atoms with Crippen LogP contribution in [0.1, 0.15) is 25.8 Å². The highest BCUT2D eigenvalue weighted by atomic mass is 16.5. The molecule has 0 fully saturated rings. The largest absolute Gasteiger partial charge is 0.508 e. The maximum atomic E-state index is 9.78. The van der Waals surface area contributed by atoms with Gasteiger partial charge in [0.15, 0.2) is 5.96 Å². The van der Waals surface area contributed by atoms with E-state index in [2.05, 4.69) is 22.5 Å². The second-order valence-corrected chi connectivity index (χ2v) is 4.12. The van der Waals surface area contributed by atoms with E-state index in [4.69, 9.17) is 4.74 Å². The van der Waals surface area contributed by atoms with Crippen LogP contribution in [0.5, 0.6) is 11.5 Å². The van der Waals surface area contributed by atoms with E-state index in [1.807, 2.05) is 6.92 Å². The molecule has 0 spiro atoms. The first-order chi connectivity index (χ1) is 9.21. The van der Waals surface area contributed by atoms with Crippen LogP contribution in [-0.4, -0.2) is 31.3 Å². The van der Waals surface area contributed by atoms with E-state index >= 15 is 0 Å². The Hall–Kier alpha value is -1.91. The summed E-state index contributed by atoms with van der Waals surface area (Å²) in [6.45, 7) is 6.20. The van der Waals surface area contributed by atoms with Gasteiger partial charge < -0.3 is 20.5 Å². The third-order valence-electron chi connectivity index (χ3n) is 2.58. The normalized spacial score (nSPS) is 11.2. The molecule has 0 radical (unpaired) electrons. The van der Waals surface area contributed by atoms with Crippen molar-refractivity contribution in [2.75, 3.05) is 20.2 Å². The summed E-state index contributed by atoms with van der Waals surface area (Å²) in [6, 6.07) is 5.14. The Labute approximate surface area is 114 Å². The highest BCUT2D eigenvalue weighted by Gasteiger charge is 2.03. The van der Waals surface area contributed by atoms with Crippen LogP contribution in [0.3, 0.4) is 0 Å². The fourth-order valence-corrected chi connectivity index (χ4v) is 1.56. The summed E-state index contributed by atoms with van der Waals surface area (Å²) in [7, 11) is 1.60.